The van der Waals surface area contributed by atoms with Gasteiger partial charge in [-0.1, -0.05) is 6.07 Å². The summed E-state index contributed by atoms with van der Waals surface area (Å²) in [7, 11) is 0. The van der Waals surface area contributed by atoms with E-state index in [0.29, 0.717) is 18.5 Å². The summed E-state index contributed by atoms with van der Waals surface area (Å²) in [4.78, 5) is 38.2. The molecule has 0 aromatic heterocycles. The van der Waals surface area contributed by atoms with Crippen LogP contribution in [0.15, 0.2) is 18.2 Å². The number of amides is 2. The largest absolute Gasteiger partial charge is 0.346 e. The molecule has 2 amide bonds. The van der Waals surface area contributed by atoms with Crippen molar-refractivity contribution in [1.82, 2.24) is 10.2 Å². The van der Waals surface area contributed by atoms with E-state index in [1.807, 2.05) is 0 Å². The van der Waals surface area contributed by atoms with Crippen molar-refractivity contribution in [2.45, 2.75) is 45.7 Å². The van der Waals surface area contributed by atoms with E-state index < -0.39 is 17.6 Å². The fourth-order valence-electron chi connectivity index (χ4n) is 3.21. The summed E-state index contributed by atoms with van der Waals surface area (Å²) in [5, 5.41) is 11.4. The van der Waals surface area contributed by atoms with Crippen molar-refractivity contribution in [3.05, 3.63) is 35.1 Å². The minimum atomic E-state index is -0.669. The first-order valence-corrected chi connectivity index (χ1v) is 8.57. The number of carbonyl (C=O) groups excluding carboxylic acids is 3. The number of ketones is 1. The van der Waals surface area contributed by atoms with Crippen molar-refractivity contribution < 1.29 is 18.8 Å². The van der Waals surface area contributed by atoms with Gasteiger partial charge < -0.3 is 10.2 Å². The van der Waals surface area contributed by atoms with Crippen LogP contribution < -0.4 is 5.32 Å². The summed E-state index contributed by atoms with van der Waals surface area (Å²) < 4.78 is 13.4. The van der Waals surface area contributed by atoms with Crippen molar-refractivity contribution in [3.63, 3.8) is 0 Å². The average Bonchev–Trinajstić information content (AvgIpc) is 2.96. The van der Waals surface area contributed by atoms with Crippen LogP contribution in [-0.4, -0.2) is 41.1 Å². The van der Waals surface area contributed by atoms with Gasteiger partial charge in [-0.05, 0) is 44.9 Å². The van der Waals surface area contributed by atoms with Gasteiger partial charge in [0.2, 0.25) is 0 Å². The SMILES string of the molecule is CC(C)NC(=O)C(=O)N1CCC(C(=O)Cc2ccc(F)c(C#N)c2)[C@@H]1C.S. The average molecular weight is 393 g/mol. The summed E-state index contributed by atoms with van der Waals surface area (Å²) in [5.74, 6) is -2.40. The molecule has 0 saturated carbocycles. The summed E-state index contributed by atoms with van der Waals surface area (Å²) in [6.45, 7) is 5.63. The number of benzene rings is 1. The van der Waals surface area contributed by atoms with Crippen LogP contribution in [0.4, 0.5) is 4.39 Å². The highest BCUT2D eigenvalue weighted by molar-refractivity contribution is 7.59. The second kappa shape index (κ2) is 9.51. The quantitative estimate of drug-likeness (QED) is 0.788. The number of nitrogens with one attached hydrogen (secondary N) is 1. The van der Waals surface area contributed by atoms with Crippen LogP contribution in [-0.2, 0) is 20.8 Å². The molecule has 0 spiro atoms. The van der Waals surface area contributed by atoms with E-state index in [-0.39, 0.29) is 49.3 Å². The number of likely N-dealkylation sites (tertiary alicyclic amines) is 1. The van der Waals surface area contributed by atoms with Crippen molar-refractivity contribution in [2.75, 3.05) is 6.54 Å². The molecule has 1 heterocycles. The Labute approximate surface area is 165 Å². The third-order valence-electron chi connectivity index (χ3n) is 4.57. The Morgan fingerprint density at radius 2 is 2.04 bits per heavy atom. The van der Waals surface area contributed by atoms with E-state index in [1.54, 1.807) is 26.8 Å². The van der Waals surface area contributed by atoms with Crippen molar-refractivity contribution >= 4 is 31.1 Å². The highest BCUT2D eigenvalue weighted by atomic mass is 32.1. The van der Waals surface area contributed by atoms with Crippen LogP contribution in [0.25, 0.3) is 0 Å². The van der Waals surface area contributed by atoms with Gasteiger partial charge >= 0.3 is 11.8 Å². The lowest BCUT2D eigenvalue weighted by atomic mass is 9.92. The molecule has 1 N–H and O–H groups in total. The van der Waals surface area contributed by atoms with Gasteiger partial charge in [-0.2, -0.15) is 18.8 Å². The topological polar surface area (TPSA) is 90.3 Å². The normalized spacial score (nSPS) is 18.6. The van der Waals surface area contributed by atoms with Gasteiger partial charge in [0, 0.05) is 31.0 Å². The van der Waals surface area contributed by atoms with E-state index in [1.165, 1.54) is 23.1 Å². The summed E-state index contributed by atoms with van der Waals surface area (Å²) in [6.07, 6.45) is 0.539. The number of nitriles is 1. The molecule has 1 aromatic carbocycles. The Hall–Kier alpha value is -2.40. The molecule has 6 nitrogen and oxygen atoms in total. The maximum Gasteiger partial charge on any atom is 0.312 e. The van der Waals surface area contributed by atoms with Crippen LogP contribution in [0.2, 0.25) is 0 Å². The Balaban J connectivity index is 0.00000364. The molecule has 0 radical (unpaired) electrons. The standard InChI is InChI=1S/C19H22FN3O3.H2S/c1-11(2)22-18(25)19(26)23-7-6-15(12(23)3)17(24)9-13-4-5-16(20)14(8-13)10-21;/h4-5,8,11-12,15H,6-7,9H2,1-3H3,(H,22,25);1H2/t12-,15?;/m0./s1. The lowest BCUT2D eigenvalue weighted by molar-refractivity contribution is -0.147. The molecular weight excluding hydrogens is 369 g/mol. The van der Waals surface area contributed by atoms with E-state index in [0.717, 1.165) is 0 Å². The molecule has 0 bridgehead atoms. The number of halogens is 1. The van der Waals surface area contributed by atoms with Crippen LogP contribution in [0.1, 0.15) is 38.3 Å². The molecule has 2 atom stereocenters. The third kappa shape index (κ3) is 5.30. The summed E-state index contributed by atoms with van der Waals surface area (Å²) in [6, 6.07) is 5.24. The van der Waals surface area contributed by atoms with Gasteiger partial charge in [0.25, 0.3) is 0 Å². The van der Waals surface area contributed by atoms with Crippen LogP contribution in [0.3, 0.4) is 0 Å². The van der Waals surface area contributed by atoms with E-state index in [9.17, 15) is 18.8 Å². The van der Waals surface area contributed by atoms with Crippen molar-refractivity contribution in [3.8, 4) is 6.07 Å². The fraction of sp³-hybridized carbons (Fsp3) is 0.474. The zero-order valence-electron chi connectivity index (χ0n) is 15.6. The first kappa shape index (κ1) is 22.6. The van der Waals surface area contributed by atoms with E-state index in [4.69, 9.17) is 5.26 Å². The van der Waals surface area contributed by atoms with Crippen LogP contribution in [0.5, 0.6) is 0 Å². The molecular formula is C19H24FN3O3S. The highest BCUT2D eigenvalue weighted by Crippen LogP contribution is 2.26. The fourth-order valence-corrected chi connectivity index (χ4v) is 3.21. The van der Waals surface area contributed by atoms with E-state index in [2.05, 4.69) is 5.32 Å². The van der Waals surface area contributed by atoms with Crippen LogP contribution >= 0.6 is 13.5 Å². The maximum absolute atomic E-state index is 13.4. The molecule has 1 fully saturated rings. The van der Waals surface area contributed by atoms with Crippen molar-refractivity contribution in [1.29, 1.82) is 5.26 Å². The van der Waals surface area contributed by atoms with Crippen molar-refractivity contribution in [2.24, 2.45) is 5.92 Å². The predicted molar refractivity (Wildman–Crippen MR) is 103 cm³/mol. The minimum Gasteiger partial charge on any atom is -0.346 e. The minimum absolute atomic E-state index is 0. The molecule has 1 saturated heterocycles. The number of hydrogen-bond acceptors (Lipinski definition) is 4. The Morgan fingerprint density at radius 1 is 1.37 bits per heavy atom. The molecule has 2 rings (SSSR count). The first-order valence-electron chi connectivity index (χ1n) is 8.57. The Bertz CT molecular complexity index is 776. The molecule has 1 aliphatic rings. The second-order valence-corrected chi connectivity index (χ2v) is 6.83. The molecule has 1 aliphatic heterocycles. The molecule has 1 aromatic rings. The zero-order chi connectivity index (χ0) is 19.4. The van der Waals surface area contributed by atoms with Gasteiger partial charge in [-0.3, -0.25) is 14.4 Å². The monoisotopic (exact) mass is 393 g/mol. The molecule has 146 valence electrons. The first-order chi connectivity index (χ1) is 12.2. The van der Waals surface area contributed by atoms with Gasteiger partial charge in [-0.15, -0.1) is 0 Å². The smallest absolute Gasteiger partial charge is 0.312 e. The Kier molecular flexibility index (Phi) is 7.98. The van der Waals surface area contributed by atoms with Crippen LogP contribution in [0, 0.1) is 23.1 Å². The highest BCUT2D eigenvalue weighted by Gasteiger charge is 2.39. The predicted octanol–water partition coefficient (Wildman–Crippen LogP) is 1.68. The number of rotatable bonds is 4. The summed E-state index contributed by atoms with van der Waals surface area (Å²) >= 11 is 0. The lowest BCUT2D eigenvalue weighted by Gasteiger charge is -2.24. The molecule has 0 aliphatic carbocycles. The van der Waals surface area contributed by atoms with Gasteiger partial charge in [0.15, 0.2) is 0 Å². The molecule has 8 heteroatoms. The van der Waals surface area contributed by atoms with Gasteiger partial charge in [0.1, 0.15) is 17.7 Å². The maximum atomic E-state index is 13.4. The lowest BCUT2D eigenvalue weighted by Crippen LogP contribution is -2.47. The number of carbonyl (C=O) groups is 3. The number of hydrogen-bond donors (Lipinski definition) is 1. The zero-order valence-corrected chi connectivity index (χ0v) is 16.6. The second-order valence-electron chi connectivity index (χ2n) is 6.83. The van der Waals surface area contributed by atoms with Gasteiger partial charge in [0.05, 0.1) is 5.56 Å². The number of Topliss-reactive ketones (excluding diaryl/α,β-unsaturated/α-hetero) is 1. The summed E-state index contributed by atoms with van der Waals surface area (Å²) in [5.41, 5.74) is 0.458. The van der Waals surface area contributed by atoms with E-state index >= 15 is 0 Å². The molecule has 27 heavy (non-hydrogen) atoms. The Morgan fingerprint density at radius 3 is 2.63 bits per heavy atom. The third-order valence-corrected chi connectivity index (χ3v) is 4.57. The van der Waals surface area contributed by atoms with Gasteiger partial charge in [-0.25, -0.2) is 4.39 Å². The molecule has 1 unspecified atom stereocenters. The number of nitrogens with zero attached hydrogens (tertiary/aromatic N) is 2.